The number of likely N-dealkylation sites (tertiary alicyclic amines) is 1. The monoisotopic (exact) mass is 412 g/mol. The molecule has 1 aromatic heterocycles. The van der Waals surface area contributed by atoms with E-state index in [2.05, 4.69) is 23.0 Å². The topological polar surface area (TPSA) is 47.7 Å². The van der Waals surface area contributed by atoms with E-state index in [1.807, 2.05) is 12.1 Å². The van der Waals surface area contributed by atoms with Crippen LogP contribution in [0, 0.1) is 5.82 Å². The molecule has 0 atom stereocenters. The van der Waals surface area contributed by atoms with Crippen LogP contribution in [0.2, 0.25) is 0 Å². The zero-order valence-electron chi connectivity index (χ0n) is 17.7. The summed E-state index contributed by atoms with van der Waals surface area (Å²) < 4.78 is 30.3. The average molecular weight is 413 g/mol. The summed E-state index contributed by atoms with van der Waals surface area (Å²) in [5.41, 5.74) is 1.80. The first kappa shape index (κ1) is 20.7. The zero-order valence-corrected chi connectivity index (χ0v) is 17.7. The number of piperidine rings is 1. The van der Waals surface area contributed by atoms with E-state index < -0.39 is 0 Å². The van der Waals surface area contributed by atoms with Gasteiger partial charge in [0.25, 0.3) is 0 Å². The molecule has 5 nitrogen and oxygen atoms in total. The molecule has 3 aromatic rings. The van der Waals surface area contributed by atoms with Crippen molar-refractivity contribution in [1.29, 1.82) is 0 Å². The van der Waals surface area contributed by atoms with Crippen molar-refractivity contribution in [3.05, 3.63) is 53.5 Å². The molecule has 30 heavy (non-hydrogen) atoms. The van der Waals surface area contributed by atoms with E-state index >= 15 is 0 Å². The smallest absolute Gasteiger partial charge is 0.147 e. The molecule has 2 aromatic carbocycles. The van der Waals surface area contributed by atoms with Crippen LogP contribution in [0.15, 0.2) is 40.9 Å². The molecule has 0 radical (unpaired) electrons. The lowest BCUT2D eigenvalue weighted by Crippen LogP contribution is -2.34. The summed E-state index contributed by atoms with van der Waals surface area (Å²) in [6.45, 7) is 5.86. The molecular formula is C24H29FN2O3. The molecule has 1 fully saturated rings. The normalized spacial score (nSPS) is 15.6. The highest BCUT2D eigenvalue weighted by atomic mass is 19.1. The first-order chi connectivity index (χ1) is 14.7. The van der Waals surface area contributed by atoms with Crippen LogP contribution in [0.25, 0.3) is 10.9 Å². The fourth-order valence-electron chi connectivity index (χ4n) is 4.23. The van der Waals surface area contributed by atoms with Gasteiger partial charge < -0.3 is 18.9 Å². The standard InChI is InChI=1S/C24H29FN2O3/c1-3-17-5-7-20(16-23(17)28-2)29-14-4-11-27-12-9-18(10-13-27)24-21-8-6-19(25)15-22(21)26-30-24/h5-8,15-16,18H,3-4,9-14H2,1-2H3. The van der Waals surface area contributed by atoms with E-state index in [9.17, 15) is 4.39 Å². The molecule has 0 amide bonds. The van der Waals surface area contributed by atoms with Crippen LogP contribution < -0.4 is 9.47 Å². The van der Waals surface area contributed by atoms with Gasteiger partial charge in [0, 0.05) is 30.0 Å². The van der Waals surface area contributed by atoms with E-state index in [-0.39, 0.29) is 5.82 Å². The molecule has 0 spiro atoms. The highest BCUT2D eigenvalue weighted by Crippen LogP contribution is 2.33. The van der Waals surface area contributed by atoms with Gasteiger partial charge in [0.2, 0.25) is 0 Å². The minimum absolute atomic E-state index is 0.279. The Morgan fingerprint density at radius 3 is 2.77 bits per heavy atom. The lowest BCUT2D eigenvalue weighted by molar-refractivity contribution is 0.182. The number of aryl methyl sites for hydroxylation is 1. The molecule has 4 rings (SSSR count). The predicted molar refractivity (Wildman–Crippen MR) is 115 cm³/mol. The molecule has 0 saturated carbocycles. The van der Waals surface area contributed by atoms with E-state index in [0.29, 0.717) is 18.0 Å². The second-order valence-corrected chi connectivity index (χ2v) is 7.85. The number of aromatic nitrogens is 1. The number of ether oxygens (including phenoxy) is 2. The van der Waals surface area contributed by atoms with Crippen molar-refractivity contribution < 1.29 is 18.4 Å². The number of fused-ring (bicyclic) bond motifs is 1. The van der Waals surface area contributed by atoms with Gasteiger partial charge in [-0.3, -0.25) is 0 Å². The van der Waals surface area contributed by atoms with E-state index in [0.717, 1.165) is 68.0 Å². The Balaban J connectivity index is 1.22. The Morgan fingerprint density at radius 1 is 1.17 bits per heavy atom. The van der Waals surface area contributed by atoms with Crippen LogP contribution in [-0.2, 0) is 6.42 Å². The predicted octanol–water partition coefficient (Wildman–Crippen LogP) is 5.19. The summed E-state index contributed by atoms with van der Waals surface area (Å²) in [5.74, 6) is 2.71. The Bertz CT molecular complexity index is 980. The van der Waals surface area contributed by atoms with Gasteiger partial charge in [-0.05, 0) is 62.5 Å². The molecule has 0 bridgehead atoms. The number of methoxy groups -OCH3 is 1. The van der Waals surface area contributed by atoms with Gasteiger partial charge >= 0.3 is 0 Å². The maximum Gasteiger partial charge on any atom is 0.147 e. The molecule has 160 valence electrons. The van der Waals surface area contributed by atoms with Crippen LogP contribution in [0.5, 0.6) is 11.5 Å². The Morgan fingerprint density at radius 2 is 2.00 bits per heavy atom. The highest BCUT2D eigenvalue weighted by molar-refractivity contribution is 5.80. The number of halogens is 1. The molecule has 0 aliphatic carbocycles. The number of nitrogens with zero attached hydrogens (tertiary/aromatic N) is 2. The summed E-state index contributed by atoms with van der Waals surface area (Å²) >= 11 is 0. The van der Waals surface area contributed by atoms with Crippen molar-refractivity contribution in [2.75, 3.05) is 33.4 Å². The third kappa shape index (κ3) is 4.59. The van der Waals surface area contributed by atoms with Crippen molar-refractivity contribution >= 4 is 10.9 Å². The molecule has 2 heterocycles. The van der Waals surface area contributed by atoms with Crippen LogP contribution in [0.3, 0.4) is 0 Å². The van der Waals surface area contributed by atoms with E-state index in [4.69, 9.17) is 14.0 Å². The molecular weight excluding hydrogens is 383 g/mol. The van der Waals surface area contributed by atoms with Crippen LogP contribution in [0.4, 0.5) is 4.39 Å². The van der Waals surface area contributed by atoms with Crippen LogP contribution in [0.1, 0.15) is 43.4 Å². The van der Waals surface area contributed by atoms with E-state index in [1.165, 1.54) is 17.7 Å². The first-order valence-electron chi connectivity index (χ1n) is 10.7. The lowest BCUT2D eigenvalue weighted by atomic mass is 9.92. The number of hydrogen-bond acceptors (Lipinski definition) is 5. The highest BCUT2D eigenvalue weighted by Gasteiger charge is 2.25. The van der Waals surface area contributed by atoms with Crippen molar-refractivity contribution in [2.45, 2.75) is 38.5 Å². The Labute approximate surface area is 176 Å². The van der Waals surface area contributed by atoms with Gasteiger partial charge in [-0.25, -0.2) is 4.39 Å². The molecule has 1 aliphatic rings. The van der Waals surface area contributed by atoms with Gasteiger partial charge in [0.15, 0.2) is 0 Å². The van der Waals surface area contributed by atoms with Crippen molar-refractivity contribution in [1.82, 2.24) is 10.1 Å². The Hall–Kier alpha value is -2.60. The molecule has 0 unspecified atom stereocenters. The number of benzene rings is 2. The van der Waals surface area contributed by atoms with Crippen LogP contribution >= 0.6 is 0 Å². The summed E-state index contributed by atoms with van der Waals surface area (Å²) in [6.07, 6.45) is 3.98. The van der Waals surface area contributed by atoms with Gasteiger partial charge in [0.1, 0.15) is 28.6 Å². The number of rotatable bonds is 8. The lowest BCUT2D eigenvalue weighted by Gasteiger charge is -2.30. The van der Waals surface area contributed by atoms with Gasteiger partial charge in [0.05, 0.1) is 13.7 Å². The Kier molecular flexibility index (Phi) is 6.53. The van der Waals surface area contributed by atoms with Gasteiger partial charge in [-0.2, -0.15) is 0 Å². The van der Waals surface area contributed by atoms with Crippen molar-refractivity contribution in [3.63, 3.8) is 0 Å². The third-order valence-corrected chi connectivity index (χ3v) is 5.95. The summed E-state index contributed by atoms with van der Waals surface area (Å²) in [6, 6.07) is 10.7. The maximum absolute atomic E-state index is 13.4. The van der Waals surface area contributed by atoms with E-state index in [1.54, 1.807) is 13.2 Å². The minimum Gasteiger partial charge on any atom is -0.496 e. The SMILES string of the molecule is CCc1ccc(OCCCN2CCC(c3onc4cc(F)ccc34)CC2)cc1OC. The fraction of sp³-hybridized carbons (Fsp3) is 0.458. The van der Waals surface area contributed by atoms with Crippen LogP contribution in [-0.4, -0.2) is 43.4 Å². The summed E-state index contributed by atoms with van der Waals surface area (Å²) in [5, 5.41) is 4.97. The van der Waals surface area contributed by atoms with Gasteiger partial charge in [-0.15, -0.1) is 0 Å². The number of hydrogen-bond donors (Lipinski definition) is 0. The third-order valence-electron chi connectivity index (χ3n) is 5.95. The first-order valence-corrected chi connectivity index (χ1v) is 10.7. The molecule has 1 aliphatic heterocycles. The molecule has 1 saturated heterocycles. The maximum atomic E-state index is 13.4. The van der Waals surface area contributed by atoms with Gasteiger partial charge in [-0.1, -0.05) is 18.1 Å². The second kappa shape index (κ2) is 9.47. The summed E-state index contributed by atoms with van der Waals surface area (Å²) in [4.78, 5) is 2.47. The fourth-order valence-corrected chi connectivity index (χ4v) is 4.23. The van der Waals surface area contributed by atoms with Crippen molar-refractivity contribution in [3.8, 4) is 11.5 Å². The second-order valence-electron chi connectivity index (χ2n) is 7.85. The molecule has 6 heteroatoms. The minimum atomic E-state index is -0.279. The quantitative estimate of drug-likeness (QED) is 0.477. The zero-order chi connectivity index (χ0) is 20.9. The average Bonchev–Trinajstić information content (AvgIpc) is 3.20. The largest absolute Gasteiger partial charge is 0.496 e. The molecule has 0 N–H and O–H groups in total. The van der Waals surface area contributed by atoms with Crippen molar-refractivity contribution in [2.24, 2.45) is 0 Å². The summed E-state index contributed by atoms with van der Waals surface area (Å²) in [7, 11) is 1.70.